The molecular weight excluding hydrogens is 354 g/mol. The Labute approximate surface area is 170 Å². The quantitative estimate of drug-likeness (QED) is 0.380. The number of para-hydroxylation sites is 2. The first-order valence-electron chi connectivity index (χ1n) is 9.78. The number of rotatable bonds is 1. The zero-order valence-electron chi connectivity index (χ0n) is 16.1. The van der Waals surface area contributed by atoms with Gasteiger partial charge in [-0.2, -0.15) is 0 Å². The predicted octanol–water partition coefficient (Wildman–Crippen LogP) is 7.02. The van der Waals surface area contributed by atoms with E-state index in [0.29, 0.717) is 6.61 Å². The fourth-order valence-electron chi connectivity index (χ4n) is 3.94. The molecule has 29 heavy (non-hydrogen) atoms. The summed E-state index contributed by atoms with van der Waals surface area (Å²) in [6, 6.07) is 25.1. The van der Waals surface area contributed by atoms with Gasteiger partial charge in [0.1, 0.15) is 12.4 Å². The molecule has 0 aliphatic carbocycles. The normalized spacial score (nSPS) is 15.7. The first kappa shape index (κ1) is 17.3. The number of ether oxygens (including phenoxy) is 1. The summed E-state index contributed by atoms with van der Waals surface area (Å²) in [7, 11) is 0. The van der Waals surface area contributed by atoms with Gasteiger partial charge in [0.2, 0.25) is 0 Å². The average Bonchev–Trinajstić information content (AvgIpc) is 3.15. The van der Waals surface area contributed by atoms with Crippen molar-refractivity contribution in [1.29, 1.82) is 0 Å². The molecule has 1 aromatic heterocycles. The van der Waals surface area contributed by atoms with E-state index in [1.807, 2.05) is 42.5 Å². The Morgan fingerprint density at radius 3 is 2.48 bits per heavy atom. The van der Waals surface area contributed by atoms with E-state index < -0.39 is 0 Å². The Kier molecular flexibility index (Phi) is 4.38. The van der Waals surface area contributed by atoms with Crippen LogP contribution < -0.4 is 4.74 Å². The third-order valence-electron chi connectivity index (χ3n) is 5.28. The van der Waals surface area contributed by atoms with Crippen LogP contribution in [0.1, 0.15) is 5.56 Å². The Morgan fingerprint density at radius 1 is 0.793 bits per heavy atom. The van der Waals surface area contributed by atoms with Gasteiger partial charge in [-0.25, -0.2) is 0 Å². The van der Waals surface area contributed by atoms with Gasteiger partial charge in [0.05, 0.1) is 11.2 Å². The molecule has 3 aromatic carbocycles. The van der Waals surface area contributed by atoms with Crippen molar-refractivity contribution >= 4 is 16.5 Å². The summed E-state index contributed by atoms with van der Waals surface area (Å²) in [5.74, 6) is 0.862. The van der Waals surface area contributed by atoms with E-state index >= 15 is 0 Å². The zero-order chi connectivity index (χ0) is 19.6. The highest BCUT2D eigenvalue weighted by molar-refractivity contribution is 6.07. The van der Waals surface area contributed by atoms with Crippen LogP contribution in [0.3, 0.4) is 0 Å². The largest absolute Gasteiger partial charge is 0.489 e. The Balaban J connectivity index is 1.85. The van der Waals surface area contributed by atoms with Crippen LogP contribution in [0.5, 0.6) is 5.75 Å². The van der Waals surface area contributed by atoms with Crippen molar-refractivity contribution in [2.75, 3.05) is 6.61 Å². The maximum absolute atomic E-state index is 6.05. The SMILES string of the molecule is C=C1/C=C\C=C/COc2ccccc2-c2[nH]c3c(-c4ccccc4)cccc3c21. The van der Waals surface area contributed by atoms with Gasteiger partial charge in [-0.15, -0.1) is 0 Å². The van der Waals surface area contributed by atoms with Gasteiger partial charge in [-0.1, -0.05) is 85.5 Å². The number of aromatic amines is 1. The molecule has 0 fully saturated rings. The smallest absolute Gasteiger partial charge is 0.129 e. The first-order valence-corrected chi connectivity index (χ1v) is 9.78. The van der Waals surface area contributed by atoms with E-state index in [4.69, 9.17) is 4.74 Å². The number of benzene rings is 3. The fourth-order valence-corrected chi connectivity index (χ4v) is 3.94. The molecule has 0 spiro atoms. The van der Waals surface area contributed by atoms with Gasteiger partial charge in [0, 0.05) is 22.1 Å². The topological polar surface area (TPSA) is 25.0 Å². The van der Waals surface area contributed by atoms with Gasteiger partial charge < -0.3 is 9.72 Å². The number of hydrogen-bond donors (Lipinski definition) is 1. The maximum atomic E-state index is 6.05. The van der Waals surface area contributed by atoms with Crippen LogP contribution in [0.15, 0.2) is 104 Å². The van der Waals surface area contributed by atoms with Gasteiger partial charge in [-0.3, -0.25) is 0 Å². The molecule has 1 aliphatic heterocycles. The summed E-state index contributed by atoms with van der Waals surface area (Å²) in [6.07, 6.45) is 8.09. The van der Waals surface area contributed by atoms with Crippen molar-refractivity contribution in [2.24, 2.45) is 0 Å². The molecule has 1 N–H and O–H groups in total. The standard InChI is InChI=1S/C27H21NO/c1-19-11-4-3-9-18-29-24-17-8-7-14-22(24)27-25(19)23-16-10-15-21(26(23)28-27)20-12-5-2-6-13-20/h2-17,28H,1,18H2/b9-3-,11-4-. The summed E-state index contributed by atoms with van der Waals surface area (Å²) in [6.45, 7) is 4.90. The highest BCUT2D eigenvalue weighted by Crippen LogP contribution is 2.41. The molecule has 0 radical (unpaired) electrons. The molecule has 0 amide bonds. The van der Waals surface area contributed by atoms with Crippen LogP contribution in [-0.4, -0.2) is 11.6 Å². The molecule has 0 unspecified atom stereocenters. The third kappa shape index (κ3) is 3.09. The fraction of sp³-hybridized carbons (Fsp3) is 0.0370. The van der Waals surface area contributed by atoms with E-state index in [1.165, 1.54) is 11.1 Å². The molecule has 2 heteroatoms. The van der Waals surface area contributed by atoms with Crippen LogP contribution in [0.4, 0.5) is 0 Å². The molecule has 0 bridgehead atoms. The second-order valence-corrected chi connectivity index (χ2v) is 7.09. The van der Waals surface area contributed by atoms with Gasteiger partial charge >= 0.3 is 0 Å². The number of fused-ring (bicyclic) bond motifs is 5. The number of hydrogen-bond acceptors (Lipinski definition) is 1. The predicted molar refractivity (Wildman–Crippen MR) is 122 cm³/mol. The van der Waals surface area contributed by atoms with Gasteiger partial charge in [-0.05, 0) is 29.3 Å². The van der Waals surface area contributed by atoms with Crippen LogP contribution >= 0.6 is 0 Å². The zero-order valence-corrected chi connectivity index (χ0v) is 16.1. The lowest BCUT2D eigenvalue weighted by Crippen LogP contribution is -1.96. The van der Waals surface area contributed by atoms with E-state index in [9.17, 15) is 0 Å². The molecule has 1 aliphatic rings. The summed E-state index contributed by atoms with van der Waals surface area (Å²) in [5, 5.41) is 1.16. The Morgan fingerprint density at radius 2 is 1.59 bits per heavy atom. The molecular formula is C27H21NO. The van der Waals surface area contributed by atoms with Gasteiger partial charge in [0.15, 0.2) is 0 Å². The molecule has 5 rings (SSSR count). The molecule has 2 nitrogen and oxygen atoms in total. The summed E-state index contributed by atoms with van der Waals surface area (Å²) in [5.41, 5.74) is 7.64. The molecule has 0 saturated carbocycles. The lowest BCUT2D eigenvalue weighted by atomic mass is 9.96. The van der Waals surface area contributed by atoms with Crippen LogP contribution in [0, 0.1) is 0 Å². The minimum atomic E-state index is 0.526. The molecule has 0 atom stereocenters. The Hall–Kier alpha value is -3.78. The van der Waals surface area contributed by atoms with Crippen molar-refractivity contribution in [3.05, 3.63) is 109 Å². The molecule has 2 heterocycles. The summed E-state index contributed by atoms with van der Waals surface area (Å²) >= 11 is 0. The van der Waals surface area contributed by atoms with E-state index in [1.54, 1.807) is 0 Å². The number of allylic oxidation sites excluding steroid dienone is 4. The van der Waals surface area contributed by atoms with E-state index in [2.05, 4.69) is 66.2 Å². The van der Waals surface area contributed by atoms with Crippen LogP contribution in [0.25, 0.3) is 38.9 Å². The van der Waals surface area contributed by atoms with Crippen molar-refractivity contribution < 1.29 is 4.74 Å². The monoisotopic (exact) mass is 375 g/mol. The number of H-pyrrole nitrogens is 1. The van der Waals surface area contributed by atoms with Crippen molar-refractivity contribution in [3.63, 3.8) is 0 Å². The average molecular weight is 375 g/mol. The highest BCUT2D eigenvalue weighted by Gasteiger charge is 2.19. The lowest BCUT2D eigenvalue weighted by Gasteiger charge is -2.11. The van der Waals surface area contributed by atoms with E-state index in [-0.39, 0.29) is 0 Å². The molecule has 0 saturated heterocycles. The van der Waals surface area contributed by atoms with Crippen molar-refractivity contribution in [2.45, 2.75) is 0 Å². The van der Waals surface area contributed by atoms with Crippen molar-refractivity contribution in [3.8, 4) is 28.1 Å². The first-order chi connectivity index (χ1) is 14.3. The highest BCUT2D eigenvalue weighted by atomic mass is 16.5. The third-order valence-corrected chi connectivity index (χ3v) is 5.28. The van der Waals surface area contributed by atoms with Gasteiger partial charge in [0.25, 0.3) is 0 Å². The van der Waals surface area contributed by atoms with Crippen LogP contribution in [0.2, 0.25) is 0 Å². The number of aromatic nitrogens is 1. The minimum Gasteiger partial charge on any atom is -0.489 e. The lowest BCUT2D eigenvalue weighted by molar-refractivity contribution is 0.364. The minimum absolute atomic E-state index is 0.526. The summed E-state index contributed by atoms with van der Waals surface area (Å²) < 4.78 is 6.05. The van der Waals surface area contributed by atoms with Crippen LogP contribution in [-0.2, 0) is 0 Å². The Bertz CT molecular complexity index is 1260. The summed E-state index contributed by atoms with van der Waals surface area (Å²) in [4.78, 5) is 3.71. The second kappa shape index (κ2) is 7.33. The maximum Gasteiger partial charge on any atom is 0.129 e. The molecule has 140 valence electrons. The molecule has 4 aromatic rings. The van der Waals surface area contributed by atoms with E-state index in [0.717, 1.165) is 39.0 Å². The number of nitrogens with one attached hydrogen (secondary N) is 1. The second-order valence-electron chi connectivity index (χ2n) is 7.09. The van der Waals surface area contributed by atoms with Crippen molar-refractivity contribution in [1.82, 2.24) is 4.98 Å².